The zero-order valence-electron chi connectivity index (χ0n) is 13.9. The van der Waals surface area contributed by atoms with Crippen LogP contribution in [0.1, 0.15) is 43.9 Å². The highest BCUT2D eigenvalue weighted by molar-refractivity contribution is 5.71. The summed E-state index contributed by atoms with van der Waals surface area (Å²) in [4.78, 5) is 25.6. The lowest BCUT2D eigenvalue weighted by molar-refractivity contribution is -0.141. The number of aliphatic carboxylic acids is 1. The van der Waals surface area contributed by atoms with E-state index in [0.29, 0.717) is 18.5 Å². The van der Waals surface area contributed by atoms with Gasteiger partial charge in [-0.3, -0.25) is 4.79 Å². The third kappa shape index (κ3) is 5.42. The molecule has 0 spiro atoms. The molecule has 7 heteroatoms. The Morgan fingerprint density at radius 1 is 1.35 bits per heavy atom. The highest BCUT2D eigenvalue weighted by atomic mass is 19.3. The Kier molecular flexibility index (Phi) is 6.87. The minimum Gasteiger partial charge on any atom is -0.480 e. The second kappa shape index (κ2) is 8.19. The van der Waals surface area contributed by atoms with Crippen LogP contribution in [0.2, 0.25) is 0 Å². The smallest absolute Gasteiger partial charge is 0.326 e. The van der Waals surface area contributed by atoms with E-state index in [1.807, 2.05) is 32.8 Å². The van der Waals surface area contributed by atoms with Crippen molar-refractivity contribution in [2.45, 2.75) is 39.2 Å². The van der Waals surface area contributed by atoms with Gasteiger partial charge in [0.1, 0.15) is 6.04 Å². The Labute approximate surface area is 134 Å². The predicted molar refractivity (Wildman–Crippen MR) is 84.0 cm³/mol. The summed E-state index contributed by atoms with van der Waals surface area (Å²) >= 11 is 0. The van der Waals surface area contributed by atoms with E-state index in [-0.39, 0.29) is 12.3 Å². The molecule has 130 valence electrons. The van der Waals surface area contributed by atoms with Crippen molar-refractivity contribution in [2.24, 2.45) is 5.92 Å². The van der Waals surface area contributed by atoms with Gasteiger partial charge in [-0.2, -0.15) is 0 Å². The number of hydrogen-bond acceptors (Lipinski definition) is 3. The average molecular weight is 330 g/mol. The van der Waals surface area contributed by atoms with Gasteiger partial charge in [0.2, 0.25) is 0 Å². The van der Waals surface area contributed by atoms with Gasteiger partial charge in [0.25, 0.3) is 12.0 Å². The largest absolute Gasteiger partial charge is 0.480 e. The second-order valence-electron chi connectivity index (χ2n) is 6.35. The summed E-state index contributed by atoms with van der Waals surface area (Å²) < 4.78 is 27.2. The molecule has 1 aromatic rings. The number of aromatic nitrogens is 1. The van der Waals surface area contributed by atoms with Crippen molar-refractivity contribution < 1.29 is 18.7 Å². The number of alkyl halides is 2. The zero-order valence-corrected chi connectivity index (χ0v) is 13.9. The third-order valence-electron chi connectivity index (χ3n) is 3.53. The molecule has 0 aliphatic rings. The molecule has 0 radical (unpaired) electrons. The summed E-state index contributed by atoms with van der Waals surface area (Å²) in [5.41, 5.74) is -1.04. The van der Waals surface area contributed by atoms with Crippen molar-refractivity contribution in [1.29, 1.82) is 0 Å². The van der Waals surface area contributed by atoms with E-state index in [1.165, 1.54) is 12.3 Å². The Balaban J connectivity index is 3.37. The molecule has 0 amide bonds. The number of rotatable bonds is 8. The maximum absolute atomic E-state index is 13.1. The monoisotopic (exact) mass is 330 g/mol. The first-order valence-electron chi connectivity index (χ1n) is 7.54. The van der Waals surface area contributed by atoms with Crippen LogP contribution in [0.4, 0.5) is 8.78 Å². The average Bonchev–Trinajstić information content (AvgIpc) is 2.43. The molecule has 1 heterocycles. The number of carbonyl (C=O) groups is 1. The highest BCUT2D eigenvalue weighted by Crippen LogP contribution is 2.21. The van der Waals surface area contributed by atoms with Crippen LogP contribution in [-0.4, -0.2) is 41.2 Å². The van der Waals surface area contributed by atoms with Crippen LogP contribution in [0.5, 0.6) is 0 Å². The van der Waals surface area contributed by atoms with Crippen LogP contribution in [0.15, 0.2) is 17.1 Å². The third-order valence-corrected chi connectivity index (χ3v) is 3.53. The molecule has 5 nitrogen and oxygen atoms in total. The zero-order chi connectivity index (χ0) is 17.7. The van der Waals surface area contributed by atoms with Crippen LogP contribution in [0.25, 0.3) is 0 Å². The second-order valence-corrected chi connectivity index (χ2v) is 6.35. The fourth-order valence-corrected chi connectivity index (χ4v) is 2.34. The van der Waals surface area contributed by atoms with Crippen molar-refractivity contribution in [2.75, 3.05) is 20.6 Å². The Morgan fingerprint density at radius 3 is 2.39 bits per heavy atom. The Bertz CT molecular complexity index is 597. The van der Waals surface area contributed by atoms with E-state index < -0.39 is 29.6 Å². The fourth-order valence-electron chi connectivity index (χ4n) is 2.34. The molecule has 0 aliphatic carbocycles. The summed E-state index contributed by atoms with van der Waals surface area (Å²) in [7, 11) is 3.70. The van der Waals surface area contributed by atoms with Crippen molar-refractivity contribution in [3.63, 3.8) is 0 Å². The lowest BCUT2D eigenvalue weighted by Crippen LogP contribution is -2.33. The number of carboxylic acids is 1. The van der Waals surface area contributed by atoms with Gasteiger partial charge in [-0.05, 0) is 44.5 Å². The van der Waals surface area contributed by atoms with Crippen molar-refractivity contribution in [3.8, 4) is 0 Å². The topological polar surface area (TPSA) is 62.5 Å². The van der Waals surface area contributed by atoms with E-state index >= 15 is 0 Å². The summed E-state index contributed by atoms with van der Waals surface area (Å²) in [6, 6.07) is 0.0423. The molecule has 23 heavy (non-hydrogen) atoms. The molecule has 0 saturated heterocycles. The van der Waals surface area contributed by atoms with Gasteiger partial charge in [-0.1, -0.05) is 13.8 Å². The molecule has 1 rings (SSSR count). The molecule has 1 atom stereocenters. The first-order valence-corrected chi connectivity index (χ1v) is 7.54. The van der Waals surface area contributed by atoms with Crippen LogP contribution in [0, 0.1) is 5.92 Å². The standard InChI is InChI=1S/C16H24F2N2O3/c1-10(2)7-13(16(22)23)20-9-11(5-6-19(3)4)8-12(14(17)18)15(20)21/h8-10,13-14H,5-7H2,1-4H3,(H,22,23). The summed E-state index contributed by atoms with van der Waals surface area (Å²) in [5.74, 6) is -1.17. The fraction of sp³-hybridized carbons (Fsp3) is 0.625. The lowest BCUT2D eigenvalue weighted by atomic mass is 10.0. The van der Waals surface area contributed by atoms with Gasteiger partial charge < -0.3 is 14.6 Å². The van der Waals surface area contributed by atoms with Crippen LogP contribution < -0.4 is 5.56 Å². The number of halogens is 2. The van der Waals surface area contributed by atoms with E-state index in [4.69, 9.17) is 0 Å². The van der Waals surface area contributed by atoms with Gasteiger partial charge in [0.05, 0.1) is 5.56 Å². The van der Waals surface area contributed by atoms with Crippen LogP contribution in [-0.2, 0) is 11.2 Å². The molecular weight excluding hydrogens is 306 g/mol. The minimum atomic E-state index is -2.93. The number of likely N-dealkylation sites (N-methyl/N-ethyl adjacent to an activating group) is 1. The van der Waals surface area contributed by atoms with E-state index in [1.54, 1.807) is 0 Å². The molecule has 1 N–H and O–H groups in total. The van der Waals surface area contributed by atoms with Gasteiger partial charge in [-0.15, -0.1) is 0 Å². The Morgan fingerprint density at radius 2 is 1.96 bits per heavy atom. The molecule has 1 unspecified atom stereocenters. The Hall–Kier alpha value is -1.76. The van der Waals surface area contributed by atoms with Gasteiger partial charge >= 0.3 is 5.97 Å². The van der Waals surface area contributed by atoms with Crippen molar-refractivity contribution in [1.82, 2.24) is 9.47 Å². The molecule has 1 aromatic heterocycles. The summed E-state index contributed by atoms with van der Waals surface area (Å²) in [5, 5.41) is 9.38. The van der Waals surface area contributed by atoms with Gasteiger partial charge in [0, 0.05) is 12.7 Å². The van der Waals surface area contributed by atoms with Gasteiger partial charge in [0.15, 0.2) is 0 Å². The normalized spacial score (nSPS) is 13.1. The van der Waals surface area contributed by atoms with E-state index in [2.05, 4.69) is 0 Å². The van der Waals surface area contributed by atoms with Crippen LogP contribution in [0.3, 0.4) is 0 Å². The number of nitrogens with zero attached hydrogens (tertiary/aromatic N) is 2. The van der Waals surface area contributed by atoms with Crippen molar-refractivity contribution in [3.05, 3.63) is 33.7 Å². The molecular formula is C16H24F2N2O3. The molecule has 0 bridgehead atoms. The number of hydrogen-bond donors (Lipinski definition) is 1. The molecule has 0 aliphatic heterocycles. The maximum Gasteiger partial charge on any atom is 0.326 e. The molecule has 0 fully saturated rings. The first kappa shape index (κ1) is 19.3. The van der Waals surface area contributed by atoms with Crippen LogP contribution >= 0.6 is 0 Å². The van der Waals surface area contributed by atoms with Gasteiger partial charge in [-0.25, -0.2) is 13.6 Å². The SMILES string of the molecule is CC(C)CC(C(=O)O)n1cc(CCN(C)C)cc(C(F)F)c1=O. The highest BCUT2D eigenvalue weighted by Gasteiger charge is 2.25. The predicted octanol–water partition coefficient (Wildman–Crippen LogP) is 2.56. The van der Waals surface area contributed by atoms with E-state index in [9.17, 15) is 23.5 Å². The van der Waals surface area contributed by atoms with E-state index in [0.717, 1.165) is 4.57 Å². The minimum absolute atomic E-state index is 0.0171. The first-order chi connectivity index (χ1) is 10.6. The quantitative estimate of drug-likeness (QED) is 0.796. The number of pyridine rings is 1. The number of carboxylic acid groups (broad SMARTS) is 1. The summed E-state index contributed by atoms with van der Waals surface area (Å²) in [6.07, 6.45) is -0.865. The molecule has 0 saturated carbocycles. The maximum atomic E-state index is 13.1. The summed E-state index contributed by atoms with van der Waals surface area (Å²) in [6.45, 7) is 4.26. The lowest BCUT2D eigenvalue weighted by Gasteiger charge is -2.20. The molecule has 0 aromatic carbocycles. The van der Waals surface area contributed by atoms with Crippen molar-refractivity contribution >= 4 is 5.97 Å².